The zero-order chi connectivity index (χ0) is 19.2. The van der Waals surface area contributed by atoms with Crippen LogP contribution in [0, 0.1) is 0 Å². The fraction of sp³-hybridized carbons (Fsp3) is 0.350. The summed E-state index contributed by atoms with van der Waals surface area (Å²) >= 11 is 0. The van der Waals surface area contributed by atoms with Crippen LogP contribution in [0.15, 0.2) is 42.5 Å². The summed E-state index contributed by atoms with van der Waals surface area (Å²) in [5.41, 5.74) is 0.438. The molecule has 1 aliphatic rings. The van der Waals surface area contributed by atoms with Gasteiger partial charge in [-0.2, -0.15) is 0 Å². The third-order valence-electron chi connectivity index (χ3n) is 4.49. The number of nitrogens with zero attached hydrogens (tertiary/aromatic N) is 2. The Balaban J connectivity index is 1.53. The number of fused-ring (bicyclic) bond motifs is 1. The number of ether oxygens (including phenoxy) is 2. The number of amides is 2. The molecule has 0 saturated carbocycles. The van der Waals surface area contributed by atoms with E-state index in [9.17, 15) is 14.4 Å². The first kappa shape index (κ1) is 18.7. The number of carbonyl (C=O) groups excluding carboxylic acids is 3. The van der Waals surface area contributed by atoms with Crippen LogP contribution in [-0.4, -0.2) is 67.2 Å². The molecule has 142 valence electrons. The van der Waals surface area contributed by atoms with E-state index in [1.54, 1.807) is 28.9 Å². The van der Waals surface area contributed by atoms with Crippen LogP contribution in [-0.2, 0) is 14.3 Å². The Morgan fingerprint density at radius 3 is 2.30 bits per heavy atom. The van der Waals surface area contributed by atoms with Gasteiger partial charge in [0.2, 0.25) is 0 Å². The third-order valence-corrected chi connectivity index (χ3v) is 4.49. The molecule has 7 nitrogen and oxygen atoms in total. The molecule has 7 heteroatoms. The molecule has 1 heterocycles. The lowest BCUT2D eigenvalue weighted by atomic mass is 10.1. The summed E-state index contributed by atoms with van der Waals surface area (Å²) in [6.45, 7) is 3.35. The minimum atomic E-state index is -0.523. The minimum absolute atomic E-state index is 0.271. The van der Waals surface area contributed by atoms with Crippen LogP contribution < -0.4 is 0 Å². The number of hydrogen-bond donors (Lipinski definition) is 0. The zero-order valence-electron chi connectivity index (χ0n) is 15.2. The predicted octanol–water partition coefficient (Wildman–Crippen LogP) is 2.30. The van der Waals surface area contributed by atoms with Gasteiger partial charge in [0.1, 0.15) is 0 Å². The Morgan fingerprint density at radius 1 is 0.889 bits per heavy atom. The Hall–Kier alpha value is -3.09. The van der Waals surface area contributed by atoms with Gasteiger partial charge in [0, 0.05) is 26.2 Å². The summed E-state index contributed by atoms with van der Waals surface area (Å²) in [5, 5.41) is 1.73. The van der Waals surface area contributed by atoms with E-state index in [0.29, 0.717) is 38.3 Å². The van der Waals surface area contributed by atoms with Crippen molar-refractivity contribution in [2.45, 2.75) is 6.92 Å². The van der Waals surface area contributed by atoms with Crippen molar-refractivity contribution in [3.05, 3.63) is 48.0 Å². The van der Waals surface area contributed by atoms with E-state index in [1.165, 1.54) is 0 Å². The maximum absolute atomic E-state index is 12.4. The van der Waals surface area contributed by atoms with Crippen molar-refractivity contribution >= 4 is 28.7 Å². The first-order chi connectivity index (χ1) is 13.1. The number of esters is 1. The van der Waals surface area contributed by atoms with Crippen molar-refractivity contribution in [3.8, 4) is 0 Å². The normalized spacial score (nSPS) is 14.1. The lowest BCUT2D eigenvalue weighted by molar-refractivity contribution is -0.136. The topological polar surface area (TPSA) is 76.2 Å². The van der Waals surface area contributed by atoms with E-state index >= 15 is 0 Å². The summed E-state index contributed by atoms with van der Waals surface area (Å²) in [6.07, 6.45) is -0.369. The molecule has 1 aliphatic heterocycles. The average molecular weight is 370 g/mol. The number of hydrogen-bond acceptors (Lipinski definition) is 5. The maximum Gasteiger partial charge on any atom is 0.409 e. The highest BCUT2D eigenvalue weighted by Gasteiger charge is 2.25. The largest absolute Gasteiger partial charge is 0.452 e. The number of benzene rings is 2. The predicted molar refractivity (Wildman–Crippen MR) is 99.4 cm³/mol. The monoisotopic (exact) mass is 370 g/mol. The molecule has 0 aliphatic carbocycles. The van der Waals surface area contributed by atoms with Gasteiger partial charge < -0.3 is 19.3 Å². The molecule has 3 rings (SSSR count). The van der Waals surface area contributed by atoms with Gasteiger partial charge in [0.15, 0.2) is 6.61 Å². The smallest absolute Gasteiger partial charge is 0.409 e. The van der Waals surface area contributed by atoms with Crippen molar-refractivity contribution in [2.75, 3.05) is 39.4 Å². The van der Waals surface area contributed by atoms with Gasteiger partial charge >= 0.3 is 12.1 Å². The van der Waals surface area contributed by atoms with Gasteiger partial charge in [-0.15, -0.1) is 0 Å². The van der Waals surface area contributed by atoms with E-state index < -0.39 is 5.97 Å². The van der Waals surface area contributed by atoms with E-state index in [1.807, 2.05) is 30.3 Å². The average Bonchev–Trinajstić information content (AvgIpc) is 2.71. The highest BCUT2D eigenvalue weighted by atomic mass is 16.6. The number of piperazine rings is 1. The second-order valence-electron chi connectivity index (χ2n) is 6.17. The first-order valence-corrected chi connectivity index (χ1v) is 8.94. The molecule has 0 radical (unpaired) electrons. The molecule has 1 fully saturated rings. The highest BCUT2D eigenvalue weighted by molar-refractivity contribution is 6.04. The lowest BCUT2D eigenvalue weighted by Gasteiger charge is -2.33. The van der Waals surface area contributed by atoms with Crippen LogP contribution in [0.4, 0.5) is 4.79 Å². The van der Waals surface area contributed by atoms with Crippen molar-refractivity contribution in [3.63, 3.8) is 0 Å². The molecular weight excluding hydrogens is 348 g/mol. The molecule has 2 aromatic rings. The van der Waals surface area contributed by atoms with Crippen LogP contribution >= 0.6 is 0 Å². The summed E-state index contributed by atoms with van der Waals surface area (Å²) in [6, 6.07) is 12.9. The molecule has 1 saturated heterocycles. The third kappa shape index (κ3) is 4.36. The van der Waals surface area contributed by atoms with E-state index in [-0.39, 0.29) is 18.6 Å². The molecule has 27 heavy (non-hydrogen) atoms. The van der Waals surface area contributed by atoms with Crippen molar-refractivity contribution in [1.29, 1.82) is 0 Å². The van der Waals surface area contributed by atoms with Crippen molar-refractivity contribution in [2.24, 2.45) is 0 Å². The molecule has 0 bridgehead atoms. The van der Waals surface area contributed by atoms with Crippen molar-refractivity contribution < 1.29 is 23.9 Å². The van der Waals surface area contributed by atoms with E-state index in [0.717, 1.165) is 10.8 Å². The summed E-state index contributed by atoms with van der Waals surface area (Å²) in [7, 11) is 0. The number of carbonyl (C=O) groups is 3. The second kappa shape index (κ2) is 8.53. The van der Waals surface area contributed by atoms with Gasteiger partial charge in [-0.3, -0.25) is 4.79 Å². The molecule has 0 aromatic heterocycles. The molecule has 0 N–H and O–H groups in total. The standard InChI is InChI=1S/C20H22N2O5/c1-2-26-20(25)22-12-10-21(11-13-22)18(23)14-27-19(24)17-9-5-7-15-6-3-4-8-16(15)17/h3-9H,2,10-14H2,1H3. The Labute approximate surface area is 157 Å². The van der Waals surface area contributed by atoms with Crippen LogP contribution in [0.1, 0.15) is 17.3 Å². The maximum atomic E-state index is 12.4. The highest BCUT2D eigenvalue weighted by Crippen LogP contribution is 2.19. The zero-order valence-corrected chi connectivity index (χ0v) is 15.2. The Bertz CT molecular complexity index is 838. The SMILES string of the molecule is CCOC(=O)N1CCN(C(=O)COC(=O)c2cccc3ccccc23)CC1. The van der Waals surface area contributed by atoms with Gasteiger partial charge in [0.05, 0.1) is 12.2 Å². The molecule has 0 unspecified atom stereocenters. The summed E-state index contributed by atoms with van der Waals surface area (Å²) in [5.74, 6) is -0.794. The van der Waals surface area contributed by atoms with Gasteiger partial charge in [-0.25, -0.2) is 9.59 Å². The van der Waals surface area contributed by atoms with Gasteiger partial charge in [0.25, 0.3) is 5.91 Å². The van der Waals surface area contributed by atoms with E-state index in [2.05, 4.69) is 0 Å². The Kier molecular flexibility index (Phi) is 5.90. The fourth-order valence-electron chi connectivity index (χ4n) is 3.05. The van der Waals surface area contributed by atoms with Crippen LogP contribution in [0.5, 0.6) is 0 Å². The molecular formula is C20H22N2O5. The molecule has 2 aromatic carbocycles. The summed E-state index contributed by atoms with van der Waals surface area (Å²) < 4.78 is 10.2. The Morgan fingerprint density at radius 2 is 1.56 bits per heavy atom. The molecule has 0 atom stereocenters. The molecule has 2 amide bonds. The minimum Gasteiger partial charge on any atom is -0.452 e. The quantitative estimate of drug-likeness (QED) is 0.772. The fourth-order valence-corrected chi connectivity index (χ4v) is 3.05. The van der Waals surface area contributed by atoms with E-state index in [4.69, 9.17) is 9.47 Å². The van der Waals surface area contributed by atoms with Crippen LogP contribution in [0.3, 0.4) is 0 Å². The number of rotatable bonds is 4. The first-order valence-electron chi connectivity index (χ1n) is 8.94. The van der Waals surface area contributed by atoms with Gasteiger partial charge in [-0.1, -0.05) is 36.4 Å². The van der Waals surface area contributed by atoms with Gasteiger partial charge in [-0.05, 0) is 23.8 Å². The van der Waals surface area contributed by atoms with Crippen LogP contribution in [0.2, 0.25) is 0 Å². The van der Waals surface area contributed by atoms with Crippen LogP contribution in [0.25, 0.3) is 10.8 Å². The van der Waals surface area contributed by atoms with Crippen molar-refractivity contribution in [1.82, 2.24) is 9.80 Å². The second-order valence-corrected chi connectivity index (χ2v) is 6.17. The summed E-state index contributed by atoms with van der Waals surface area (Å²) in [4.78, 5) is 39.5. The lowest BCUT2D eigenvalue weighted by Crippen LogP contribution is -2.51. The molecule has 0 spiro atoms.